The van der Waals surface area contributed by atoms with E-state index in [1.54, 1.807) is 5.56 Å². The van der Waals surface area contributed by atoms with Gasteiger partial charge < -0.3 is 4.98 Å². The number of hydrogen-bond donors (Lipinski definition) is 1. The van der Waals surface area contributed by atoms with Gasteiger partial charge in [0.1, 0.15) is 0 Å². The highest BCUT2D eigenvalue weighted by Gasteiger charge is 2.22. The first-order valence-corrected chi connectivity index (χ1v) is 8.15. The van der Waals surface area contributed by atoms with Crippen molar-refractivity contribution in [1.29, 1.82) is 0 Å². The van der Waals surface area contributed by atoms with E-state index in [1.807, 2.05) is 0 Å². The monoisotopic (exact) mass is 353 g/mol. The SMILES string of the molecule is CCCCC1CCc2[nH]c3c(I)cccc3c2C1. The molecule has 1 atom stereocenters. The summed E-state index contributed by atoms with van der Waals surface area (Å²) in [5.74, 6) is 0.911. The molecular weight excluding hydrogens is 333 g/mol. The average Bonchev–Trinajstić information content (AvgIpc) is 2.76. The number of aromatic amines is 1. The van der Waals surface area contributed by atoms with Gasteiger partial charge >= 0.3 is 0 Å². The zero-order valence-electron chi connectivity index (χ0n) is 10.9. The maximum Gasteiger partial charge on any atom is 0.0594 e. The summed E-state index contributed by atoms with van der Waals surface area (Å²) >= 11 is 2.44. The molecule has 1 aliphatic rings. The normalized spacial score (nSPS) is 19.1. The molecule has 0 fully saturated rings. The lowest BCUT2D eigenvalue weighted by Gasteiger charge is -2.22. The molecule has 1 aromatic carbocycles. The Hall–Kier alpha value is -0.510. The maximum absolute atomic E-state index is 3.65. The molecule has 3 rings (SSSR count). The minimum atomic E-state index is 0.911. The molecule has 0 amide bonds. The van der Waals surface area contributed by atoms with E-state index in [2.05, 4.69) is 52.7 Å². The largest absolute Gasteiger partial charge is 0.357 e. The first kappa shape index (κ1) is 12.5. The second-order valence-electron chi connectivity index (χ2n) is 5.50. The number of nitrogens with one attached hydrogen (secondary N) is 1. The predicted octanol–water partition coefficient (Wildman–Crippen LogP) is 5.07. The Morgan fingerprint density at radius 2 is 2.28 bits per heavy atom. The first-order valence-electron chi connectivity index (χ1n) is 7.07. The highest BCUT2D eigenvalue weighted by Crippen LogP contribution is 2.35. The van der Waals surface area contributed by atoms with E-state index in [9.17, 15) is 0 Å². The fourth-order valence-electron chi connectivity index (χ4n) is 3.22. The van der Waals surface area contributed by atoms with Crippen molar-refractivity contribution in [2.45, 2.75) is 45.4 Å². The van der Waals surface area contributed by atoms with Crippen molar-refractivity contribution in [3.63, 3.8) is 0 Å². The van der Waals surface area contributed by atoms with E-state index < -0.39 is 0 Å². The molecule has 1 heterocycles. The van der Waals surface area contributed by atoms with Crippen molar-refractivity contribution in [3.8, 4) is 0 Å². The molecule has 0 bridgehead atoms. The average molecular weight is 353 g/mol. The molecule has 2 heteroatoms. The minimum Gasteiger partial charge on any atom is -0.357 e. The van der Waals surface area contributed by atoms with Gasteiger partial charge in [-0.15, -0.1) is 0 Å². The van der Waals surface area contributed by atoms with Gasteiger partial charge in [0.2, 0.25) is 0 Å². The van der Waals surface area contributed by atoms with Crippen LogP contribution in [0.3, 0.4) is 0 Å². The maximum atomic E-state index is 3.65. The standard InChI is InChI=1S/C16H20IN/c1-2-3-5-11-8-9-15-13(10-11)12-6-4-7-14(17)16(12)18-15/h4,6-7,11,18H,2-3,5,8-10H2,1H3. The van der Waals surface area contributed by atoms with Gasteiger partial charge in [-0.05, 0) is 59.4 Å². The van der Waals surface area contributed by atoms with Crippen LogP contribution in [0.15, 0.2) is 18.2 Å². The van der Waals surface area contributed by atoms with Gasteiger partial charge in [-0.25, -0.2) is 0 Å². The Morgan fingerprint density at radius 1 is 1.39 bits per heavy atom. The van der Waals surface area contributed by atoms with Gasteiger partial charge in [0, 0.05) is 14.7 Å². The van der Waals surface area contributed by atoms with Crippen molar-refractivity contribution in [2.24, 2.45) is 5.92 Å². The summed E-state index contributed by atoms with van der Waals surface area (Å²) in [5, 5.41) is 1.47. The van der Waals surface area contributed by atoms with Crippen molar-refractivity contribution in [1.82, 2.24) is 4.98 Å². The van der Waals surface area contributed by atoms with Gasteiger partial charge in [0.25, 0.3) is 0 Å². The van der Waals surface area contributed by atoms with Gasteiger partial charge in [-0.2, -0.15) is 0 Å². The van der Waals surface area contributed by atoms with Crippen molar-refractivity contribution >= 4 is 33.5 Å². The predicted molar refractivity (Wildman–Crippen MR) is 86.1 cm³/mol. The van der Waals surface area contributed by atoms with Crippen LogP contribution in [-0.4, -0.2) is 4.98 Å². The molecule has 2 aromatic rings. The molecule has 1 nitrogen and oxygen atoms in total. The number of H-pyrrole nitrogens is 1. The van der Waals surface area contributed by atoms with E-state index in [-0.39, 0.29) is 0 Å². The summed E-state index contributed by atoms with van der Waals surface area (Å²) < 4.78 is 1.35. The van der Waals surface area contributed by atoms with E-state index in [4.69, 9.17) is 0 Å². The third-order valence-electron chi connectivity index (χ3n) is 4.24. The number of unbranched alkanes of at least 4 members (excludes halogenated alkanes) is 1. The number of benzene rings is 1. The van der Waals surface area contributed by atoms with Crippen molar-refractivity contribution in [3.05, 3.63) is 33.0 Å². The van der Waals surface area contributed by atoms with Crippen molar-refractivity contribution in [2.75, 3.05) is 0 Å². The summed E-state index contributed by atoms with van der Waals surface area (Å²) in [6.07, 6.45) is 8.03. The molecule has 96 valence electrons. The van der Waals surface area contributed by atoms with E-state index in [0.29, 0.717) is 0 Å². The number of rotatable bonds is 3. The van der Waals surface area contributed by atoms with Gasteiger partial charge in [-0.1, -0.05) is 38.3 Å². The van der Waals surface area contributed by atoms with Crippen LogP contribution in [0.4, 0.5) is 0 Å². The zero-order valence-corrected chi connectivity index (χ0v) is 13.1. The van der Waals surface area contributed by atoms with Crippen LogP contribution in [0.2, 0.25) is 0 Å². The lowest BCUT2D eigenvalue weighted by molar-refractivity contribution is 0.412. The van der Waals surface area contributed by atoms with Gasteiger partial charge in [-0.3, -0.25) is 0 Å². The number of hydrogen-bond acceptors (Lipinski definition) is 0. The Balaban J connectivity index is 1.94. The van der Waals surface area contributed by atoms with E-state index >= 15 is 0 Å². The number of fused-ring (bicyclic) bond motifs is 3. The Morgan fingerprint density at radius 3 is 3.11 bits per heavy atom. The zero-order chi connectivity index (χ0) is 12.5. The third-order valence-corrected chi connectivity index (χ3v) is 5.14. The van der Waals surface area contributed by atoms with E-state index in [0.717, 1.165) is 5.92 Å². The number of aromatic nitrogens is 1. The molecule has 0 radical (unpaired) electrons. The van der Waals surface area contributed by atoms with Crippen LogP contribution < -0.4 is 0 Å². The molecule has 1 aliphatic carbocycles. The summed E-state index contributed by atoms with van der Waals surface area (Å²) in [6, 6.07) is 6.67. The lowest BCUT2D eigenvalue weighted by atomic mass is 9.83. The van der Waals surface area contributed by atoms with Crippen LogP contribution >= 0.6 is 22.6 Å². The molecule has 1 aromatic heterocycles. The summed E-state index contributed by atoms with van der Waals surface area (Å²) in [4.78, 5) is 3.65. The van der Waals surface area contributed by atoms with Crippen molar-refractivity contribution < 1.29 is 0 Å². The van der Waals surface area contributed by atoms with Crippen LogP contribution in [0.1, 0.15) is 43.9 Å². The van der Waals surface area contributed by atoms with Crippen LogP contribution in [0, 0.1) is 9.49 Å². The summed E-state index contributed by atoms with van der Waals surface area (Å²) in [5.41, 5.74) is 4.47. The van der Waals surface area contributed by atoms with E-state index in [1.165, 1.54) is 58.7 Å². The van der Waals surface area contributed by atoms with Gasteiger partial charge in [0.05, 0.1) is 5.52 Å². The molecular formula is C16H20IN. The molecule has 18 heavy (non-hydrogen) atoms. The number of para-hydroxylation sites is 1. The fraction of sp³-hybridized carbons (Fsp3) is 0.500. The lowest BCUT2D eigenvalue weighted by Crippen LogP contribution is -2.13. The molecule has 1 N–H and O–H groups in total. The van der Waals surface area contributed by atoms with Crippen LogP contribution in [0.25, 0.3) is 10.9 Å². The Kier molecular flexibility index (Phi) is 3.64. The molecule has 0 saturated heterocycles. The summed E-state index contributed by atoms with van der Waals surface area (Å²) in [6.45, 7) is 2.29. The Labute approximate surface area is 122 Å². The Bertz CT molecular complexity index is 555. The highest BCUT2D eigenvalue weighted by molar-refractivity contribution is 14.1. The minimum absolute atomic E-state index is 0.911. The third kappa shape index (κ3) is 2.20. The topological polar surface area (TPSA) is 15.8 Å². The second kappa shape index (κ2) is 5.24. The van der Waals surface area contributed by atoms with Crippen LogP contribution in [-0.2, 0) is 12.8 Å². The van der Waals surface area contributed by atoms with Gasteiger partial charge in [0.15, 0.2) is 0 Å². The molecule has 0 spiro atoms. The highest BCUT2D eigenvalue weighted by atomic mass is 127. The summed E-state index contributed by atoms with van der Waals surface area (Å²) in [7, 11) is 0. The first-order chi connectivity index (χ1) is 8.79. The van der Waals surface area contributed by atoms with Crippen LogP contribution in [0.5, 0.6) is 0 Å². The second-order valence-corrected chi connectivity index (χ2v) is 6.66. The molecule has 1 unspecified atom stereocenters. The number of halogens is 1. The molecule has 0 aliphatic heterocycles. The smallest absolute Gasteiger partial charge is 0.0594 e. The number of aryl methyl sites for hydroxylation is 1. The molecule has 0 saturated carbocycles. The quantitative estimate of drug-likeness (QED) is 0.742. The fourth-order valence-corrected chi connectivity index (χ4v) is 3.85.